The number of hydrogen-bond acceptors (Lipinski definition) is 7. The number of carbonyl (C=O) groups is 2. The number of pyridine rings is 2. The third-order valence-electron chi connectivity index (χ3n) is 5.32. The Morgan fingerprint density at radius 2 is 2.00 bits per heavy atom. The highest BCUT2D eigenvalue weighted by Crippen LogP contribution is 2.26. The lowest BCUT2D eigenvalue weighted by Gasteiger charge is -2.21. The van der Waals surface area contributed by atoms with E-state index in [4.69, 9.17) is 14.1 Å². The zero-order valence-electron chi connectivity index (χ0n) is 20.4. The van der Waals surface area contributed by atoms with Crippen molar-refractivity contribution >= 4 is 22.9 Å². The smallest absolute Gasteiger partial charge is 0.306 e. The topological polar surface area (TPSA) is 103 Å². The molecule has 4 rings (SSSR count). The zero-order valence-corrected chi connectivity index (χ0v) is 20.4. The van der Waals surface area contributed by atoms with Crippen molar-refractivity contribution in [1.29, 1.82) is 0 Å². The van der Waals surface area contributed by atoms with Crippen LogP contribution >= 0.6 is 0 Å². The second kappa shape index (κ2) is 10.1. The Morgan fingerprint density at radius 1 is 1.17 bits per heavy atom. The molecule has 182 valence electrons. The van der Waals surface area contributed by atoms with Crippen molar-refractivity contribution in [3.8, 4) is 11.3 Å². The first-order chi connectivity index (χ1) is 16.7. The fourth-order valence-corrected chi connectivity index (χ4v) is 3.71. The summed E-state index contributed by atoms with van der Waals surface area (Å²) in [6, 6.07) is 9.17. The van der Waals surface area contributed by atoms with E-state index in [0.29, 0.717) is 41.8 Å². The average Bonchev–Trinajstić information content (AvgIpc) is 3.48. The summed E-state index contributed by atoms with van der Waals surface area (Å²) < 4.78 is 12.5. The summed E-state index contributed by atoms with van der Waals surface area (Å²) in [7, 11) is 1.72. The van der Waals surface area contributed by atoms with Gasteiger partial charge in [0.05, 0.1) is 29.1 Å². The van der Waals surface area contributed by atoms with Crippen LogP contribution in [0.2, 0.25) is 0 Å². The van der Waals surface area contributed by atoms with E-state index in [1.807, 2.05) is 45.0 Å². The van der Waals surface area contributed by atoms with Crippen LogP contribution in [-0.4, -0.2) is 55.7 Å². The molecule has 0 N–H and O–H groups in total. The molecule has 4 heterocycles. The Hall–Kier alpha value is -4.01. The number of esters is 1. The molecule has 0 spiro atoms. The number of aromatic nitrogens is 4. The maximum Gasteiger partial charge on any atom is 0.306 e. The number of rotatable bonds is 8. The molecular weight excluding hydrogens is 446 g/mol. The van der Waals surface area contributed by atoms with E-state index in [-0.39, 0.29) is 18.3 Å². The second-order valence-corrected chi connectivity index (χ2v) is 9.33. The molecule has 35 heavy (non-hydrogen) atoms. The summed E-state index contributed by atoms with van der Waals surface area (Å²) in [5.74, 6) is 0.280. The molecule has 4 aromatic heterocycles. The number of hydrogen-bond donors (Lipinski definition) is 0. The lowest BCUT2D eigenvalue weighted by molar-refractivity contribution is -0.154. The van der Waals surface area contributed by atoms with Crippen molar-refractivity contribution in [2.45, 2.75) is 45.8 Å². The number of fused-ring (bicyclic) bond motifs is 1. The molecule has 0 radical (unpaired) electrons. The van der Waals surface area contributed by atoms with E-state index in [9.17, 15) is 9.59 Å². The third-order valence-corrected chi connectivity index (χ3v) is 5.32. The van der Waals surface area contributed by atoms with Crippen molar-refractivity contribution in [2.24, 2.45) is 0 Å². The van der Waals surface area contributed by atoms with Crippen LogP contribution in [0.15, 0.2) is 59.6 Å². The summed E-state index contributed by atoms with van der Waals surface area (Å²) in [6.07, 6.45) is 7.39. The lowest BCUT2D eigenvalue weighted by atomic mass is 10.1. The Labute approximate surface area is 203 Å². The highest BCUT2D eigenvalue weighted by molar-refractivity contribution is 6.06. The summed E-state index contributed by atoms with van der Waals surface area (Å²) >= 11 is 0. The Kier molecular flexibility index (Phi) is 6.95. The molecule has 9 heteroatoms. The molecule has 4 aromatic rings. The van der Waals surface area contributed by atoms with Gasteiger partial charge in [0.2, 0.25) is 0 Å². The van der Waals surface area contributed by atoms with Gasteiger partial charge in [-0.05, 0) is 57.5 Å². The van der Waals surface area contributed by atoms with Crippen molar-refractivity contribution in [1.82, 2.24) is 24.6 Å². The minimum atomic E-state index is -0.528. The predicted molar refractivity (Wildman–Crippen MR) is 131 cm³/mol. The van der Waals surface area contributed by atoms with Crippen LogP contribution in [0.3, 0.4) is 0 Å². The highest BCUT2D eigenvalue weighted by Gasteiger charge is 2.21. The zero-order chi connectivity index (χ0) is 25.0. The molecule has 0 aliphatic heterocycles. The van der Waals surface area contributed by atoms with Crippen molar-refractivity contribution < 1.29 is 18.7 Å². The van der Waals surface area contributed by atoms with Gasteiger partial charge in [-0.1, -0.05) is 0 Å². The molecule has 0 unspecified atom stereocenters. The average molecular weight is 476 g/mol. The van der Waals surface area contributed by atoms with Crippen molar-refractivity contribution in [2.75, 3.05) is 13.6 Å². The summed E-state index contributed by atoms with van der Waals surface area (Å²) in [6.45, 7) is 6.30. The van der Waals surface area contributed by atoms with E-state index in [2.05, 4.69) is 10.1 Å². The van der Waals surface area contributed by atoms with Crippen LogP contribution in [0.5, 0.6) is 0 Å². The Bertz CT molecular complexity index is 1310. The number of nitrogens with zero attached hydrogens (tertiary/aromatic N) is 5. The molecule has 0 saturated carbocycles. The minimum absolute atomic E-state index is 0.177. The third kappa shape index (κ3) is 5.92. The van der Waals surface area contributed by atoms with E-state index >= 15 is 0 Å². The first-order valence-corrected chi connectivity index (χ1v) is 11.5. The SMILES string of the molecule is CN(CCCC(=O)OC(C)(C)C)C(=O)c1cc(-c2cccnc2)nc2c1cnn2Cc1ccco1. The standard InChI is InChI=1S/C26H29N5O4/c1-26(2,3)35-23(32)10-6-12-30(4)25(33)20-14-22(18-8-5-11-27-15-18)29-24-21(20)16-28-31(24)17-19-9-7-13-34-19/h5,7-9,11,13-16H,6,10,12,17H2,1-4H3. The van der Waals surface area contributed by atoms with Gasteiger partial charge in [0, 0.05) is 38.0 Å². The monoisotopic (exact) mass is 475 g/mol. The fourth-order valence-electron chi connectivity index (χ4n) is 3.71. The van der Waals surface area contributed by atoms with Gasteiger partial charge in [-0.3, -0.25) is 14.6 Å². The fraction of sp³-hybridized carbons (Fsp3) is 0.346. The van der Waals surface area contributed by atoms with Crippen LogP contribution in [-0.2, 0) is 16.1 Å². The molecule has 0 aliphatic rings. The number of amides is 1. The number of ether oxygens (including phenoxy) is 1. The van der Waals surface area contributed by atoms with Gasteiger partial charge in [-0.15, -0.1) is 0 Å². The molecule has 0 aliphatic carbocycles. The lowest BCUT2D eigenvalue weighted by Crippen LogP contribution is -2.29. The van der Waals surface area contributed by atoms with E-state index < -0.39 is 5.60 Å². The normalized spacial score (nSPS) is 11.5. The van der Waals surface area contributed by atoms with Crippen LogP contribution in [0.4, 0.5) is 0 Å². The quantitative estimate of drug-likeness (QED) is 0.349. The molecule has 0 saturated heterocycles. The number of carbonyl (C=O) groups excluding carboxylic acids is 2. The van der Waals surface area contributed by atoms with Crippen LogP contribution in [0, 0.1) is 0 Å². The Balaban J connectivity index is 1.60. The molecular formula is C26H29N5O4. The van der Waals surface area contributed by atoms with Gasteiger partial charge < -0.3 is 14.1 Å². The minimum Gasteiger partial charge on any atom is -0.467 e. The van der Waals surface area contributed by atoms with Crippen molar-refractivity contribution in [3.05, 3.63) is 66.5 Å². The molecule has 0 atom stereocenters. The van der Waals surface area contributed by atoms with Gasteiger partial charge in [-0.2, -0.15) is 5.10 Å². The maximum absolute atomic E-state index is 13.5. The van der Waals surface area contributed by atoms with Gasteiger partial charge in [0.1, 0.15) is 17.9 Å². The second-order valence-electron chi connectivity index (χ2n) is 9.33. The summed E-state index contributed by atoms with van der Waals surface area (Å²) in [4.78, 5) is 36.1. The van der Waals surface area contributed by atoms with E-state index in [0.717, 1.165) is 11.3 Å². The van der Waals surface area contributed by atoms with Crippen LogP contribution < -0.4 is 0 Å². The summed E-state index contributed by atoms with van der Waals surface area (Å²) in [5.41, 5.74) is 1.95. The Morgan fingerprint density at radius 3 is 2.69 bits per heavy atom. The first kappa shape index (κ1) is 24.1. The first-order valence-electron chi connectivity index (χ1n) is 11.5. The molecule has 0 aromatic carbocycles. The molecule has 9 nitrogen and oxygen atoms in total. The highest BCUT2D eigenvalue weighted by atomic mass is 16.6. The largest absolute Gasteiger partial charge is 0.467 e. The van der Waals surface area contributed by atoms with Crippen molar-refractivity contribution in [3.63, 3.8) is 0 Å². The number of furan rings is 1. The van der Waals surface area contributed by atoms with Gasteiger partial charge in [0.15, 0.2) is 5.65 Å². The van der Waals surface area contributed by atoms with Crippen LogP contribution in [0.25, 0.3) is 22.3 Å². The van der Waals surface area contributed by atoms with E-state index in [1.165, 1.54) is 0 Å². The maximum atomic E-state index is 13.5. The molecule has 0 bridgehead atoms. The molecule has 0 fully saturated rings. The summed E-state index contributed by atoms with van der Waals surface area (Å²) in [5, 5.41) is 5.12. The molecule has 1 amide bonds. The van der Waals surface area contributed by atoms with E-state index in [1.54, 1.807) is 47.5 Å². The van der Waals surface area contributed by atoms with Gasteiger partial charge in [-0.25, -0.2) is 9.67 Å². The van der Waals surface area contributed by atoms with Gasteiger partial charge >= 0.3 is 5.97 Å². The van der Waals surface area contributed by atoms with Gasteiger partial charge in [0.25, 0.3) is 5.91 Å². The van der Waals surface area contributed by atoms with Crippen LogP contribution in [0.1, 0.15) is 49.7 Å². The predicted octanol–water partition coefficient (Wildman–Crippen LogP) is 4.33.